The number of aliphatic hydroxyl groups excluding tert-OH is 1. The number of rotatable bonds is 12. The summed E-state index contributed by atoms with van der Waals surface area (Å²) in [6.07, 6.45) is 4.44. The number of terminal acetylenes is 1. The molecule has 1 atom stereocenters. The lowest BCUT2D eigenvalue weighted by atomic mass is 10.2. The molecule has 0 aliphatic heterocycles. The molecule has 2 rings (SSSR count). The predicted octanol–water partition coefficient (Wildman–Crippen LogP) is 0.911. The van der Waals surface area contributed by atoms with Crippen LogP contribution in [0.15, 0.2) is 42.5 Å². The Balaban J connectivity index is 1.68. The molecule has 0 radical (unpaired) electrons. The first-order valence-corrected chi connectivity index (χ1v) is 8.93. The highest BCUT2D eigenvalue weighted by Crippen LogP contribution is 2.26. The molecule has 0 saturated carbocycles. The summed E-state index contributed by atoms with van der Waals surface area (Å²) in [5.74, 6) is 2.88. The molecule has 29 heavy (non-hydrogen) atoms. The maximum atomic E-state index is 11.2. The largest absolute Gasteiger partial charge is 0.507 e. The number of primary amides is 1. The number of amides is 1. The molecular formula is C21H24N2O6. The van der Waals surface area contributed by atoms with Crippen LogP contribution in [0.1, 0.15) is 10.4 Å². The average molecular weight is 400 g/mol. The smallest absolute Gasteiger partial charge is 0.252 e. The number of nitrogens with two attached hydrogens (primary N) is 1. The fourth-order valence-electron chi connectivity index (χ4n) is 2.36. The maximum Gasteiger partial charge on any atom is 0.252 e. The Morgan fingerprint density at radius 1 is 1.17 bits per heavy atom. The number of nitrogens with one attached hydrogen (secondary N) is 1. The topological polar surface area (TPSA) is 123 Å². The number of para-hydroxylation sites is 2. The number of benzene rings is 2. The third kappa shape index (κ3) is 7.25. The van der Waals surface area contributed by atoms with E-state index in [0.717, 1.165) is 0 Å². The predicted molar refractivity (Wildman–Crippen MR) is 107 cm³/mol. The van der Waals surface area contributed by atoms with Crippen molar-refractivity contribution in [3.63, 3.8) is 0 Å². The van der Waals surface area contributed by atoms with Crippen LogP contribution in [-0.4, -0.2) is 55.1 Å². The summed E-state index contributed by atoms with van der Waals surface area (Å²) in [5, 5.41) is 22.6. The van der Waals surface area contributed by atoms with Gasteiger partial charge in [0.25, 0.3) is 5.91 Å². The van der Waals surface area contributed by atoms with E-state index in [4.69, 9.17) is 26.4 Å². The summed E-state index contributed by atoms with van der Waals surface area (Å²) in [6.45, 7) is 1.24. The molecule has 0 spiro atoms. The monoisotopic (exact) mass is 400 g/mol. The van der Waals surface area contributed by atoms with Gasteiger partial charge in [0, 0.05) is 13.1 Å². The fraction of sp³-hybridized carbons (Fsp3) is 0.286. The van der Waals surface area contributed by atoms with Crippen LogP contribution in [0.4, 0.5) is 0 Å². The fourth-order valence-corrected chi connectivity index (χ4v) is 2.36. The molecule has 0 aromatic heterocycles. The van der Waals surface area contributed by atoms with Gasteiger partial charge in [-0.25, -0.2) is 0 Å². The van der Waals surface area contributed by atoms with Gasteiger partial charge in [-0.05, 0) is 30.3 Å². The summed E-state index contributed by atoms with van der Waals surface area (Å²) in [7, 11) is 0. The van der Waals surface area contributed by atoms with Gasteiger partial charge in [0.1, 0.15) is 37.4 Å². The van der Waals surface area contributed by atoms with Crippen LogP contribution in [-0.2, 0) is 0 Å². The van der Waals surface area contributed by atoms with E-state index in [1.54, 1.807) is 24.3 Å². The van der Waals surface area contributed by atoms with Crippen LogP contribution in [0, 0.1) is 12.3 Å². The zero-order valence-corrected chi connectivity index (χ0v) is 15.8. The number of carbonyl (C=O) groups is 1. The molecule has 0 aliphatic rings. The van der Waals surface area contributed by atoms with E-state index in [9.17, 15) is 15.0 Å². The van der Waals surface area contributed by atoms with Gasteiger partial charge in [-0.1, -0.05) is 18.1 Å². The number of aromatic hydroxyl groups is 1. The maximum absolute atomic E-state index is 11.2. The van der Waals surface area contributed by atoms with Crippen molar-refractivity contribution >= 4 is 5.91 Å². The molecular weight excluding hydrogens is 376 g/mol. The average Bonchev–Trinajstić information content (AvgIpc) is 2.72. The second-order valence-electron chi connectivity index (χ2n) is 6.00. The molecule has 0 heterocycles. The first-order valence-electron chi connectivity index (χ1n) is 8.93. The van der Waals surface area contributed by atoms with Crippen LogP contribution in [0.3, 0.4) is 0 Å². The molecule has 0 aliphatic carbocycles. The second-order valence-corrected chi connectivity index (χ2v) is 6.00. The van der Waals surface area contributed by atoms with Crippen molar-refractivity contribution in [1.29, 1.82) is 0 Å². The summed E-state index contributed by atoms with van der Waals surface area (Å²) in [4.78, 5) is 11.2. The van der Waals surface area contributed by atoms with Crippen molar-refractivity contribution in [3.8, 4) is 35.3 Å². The Hall–Kier alpha value is -3.41. The minimum atomic E-state index is -0.745. The van der Waals surface area contributed by atoms with E-state index in [0.29, 0.717) is 36.9 Å². The van der Waals surface area contributed by atoms with Gasteiger partial charge in [-0.15, -0.1) is 6.42 Å². The van der Waals surface area contributed by atoms with Crippen molar-refractivity contribution < 1.29 is 29.2 Å². The highest BCUT2D eigenvalue weighted by molar-refractivity contribution is 5.95. The van der Waals surface area contributed by atoms with E-state index in [-0.39, 0.29) is 24.5 Å². The van der Waals surface area contributed by atoms with Gasteiger partial charge >= 0.3 is 0 Å². The Kier molecular flexibility index (Phi) is 8.63. The number of phenols is 1. The Bertz CT molecular complexity index is 849. The number of carbonyl (C=O) groups excluding carboxylic acids is 1. The van der Waals surface area contributed by atoms with Crippen LogP contribution in [0.25, 0.3) is 0 Å². The van der Waals surface area contributed by atoms with Crippen molar-refractivity contribution in [1.82, 2.24) is 5.32 Å². The minimum absolute atomic E-state index is 0.00506. The summed E-state index contributed by atoms with van der Waals surface area (Å²) in [5.41, 5.74) is 5.17. The molecule has 1 unspecified atom stereocenters. The zero-order valence-electron chi connectivity index (χ0n) is 15.8. The van der Waals surface area contributed by atoms with E-state index in [2.05, 4.69) is 11.2 Å². The van der Waals surface area contributed by atoms with Crippen LogP contribution >= 0.6 is 0 Å². The summed E-state index contributed by atoms with van der Waals surface area (Å²) < 4.78 is 16.5. The number of hydrogen-bond acceptors (Lipinski definition) is 7. The van der Waals surface area contributed by atoms with E-state index >= 15 is 0 Å². The molecule has 0 bridgehead atoms. The zero-order chi connectivity index (χ0) is 21.1. The van der Waals surface area contributed by atoms with Gasteiger partial charge in [0.15, 0.2) is 11.5 Å². The van der Waals surface area contributed by atoms with Gasteiger partial charge in [-0.3, -0.25) is 4.79 Å². The molecule has 2 aromatic carbocycles. The van der Waals surface area contributed by atoms with Crippen molar-refractivity contribution in [2.45, 2.75) is 6.10 Å². The lowest BCUT2D eigenvalue weighted by molar-refractivity contribution is 0.0996. The van der Waals surface area contributed by atoms with Crippen molar-refractivity contribution in [2.24, 2.45) is 5.73 Å². The Morgan fingerprint density at radius 2 is 1.90 bits per heavy atom. The Morgan fingerprint density at radius 3 is 2.59 bits per heavy atom. The van der Waals surface area contributed by atoms with Crippen LogP contribution in [0.5, 0.6) is 23.0 Å². The van der Waals surface area contributed by atoms with E-state index in [1.807, 2.05) is 0 Å². The number of ether oxygens (including phenoxy) is 3. The Labute approximate surface area is 169 Å². The van der Waals surface area contributed by atoms with Crippen LogP contribution < -0.4 is 25.3 Å². The van der Waals surface area contributed by atoms with Gasteiger partial charge in [0.2, 0.25) is 0 Å². The van der Waals surface area contributed by atoms with E-state index < -0.39 is 12.0 Å². The molecule has 5 N–H and O–H groups in total. The van der Waals surface area contributed by atoms with Crippen molar-refractivity contribution in [2.75, 3.05) is 32.9 Å². The second kappa shape index (κ2) is 11.4. The summed E-state index contributed by atoms with van der Waals surface area (Å²) in [6, 6.07) is 11.3. The van der Waals surface area contributed by atoms with E-state index in [1.165, 1.54) is 18.2 Å². The summed E-state index contributed by atoms with van der Waals surface area (Å²) >= 11 is 0. The highest BCUT2D eigenvalue weighted by Gasteiger charge is 2.10. The quantitative estimate of drug-likeness (QED) is 0.308. The van der Waals surface area contributed by atoms with Crippen LogP contribution in [0.2, 0.25) is 0 Å². The van der Waals surface area contributed by atoms with Crippen molar-refractivity contribution in [3.05, 3.63) is 48.0 Å². The first-order chi connectivity index (χ1) is 14.0. The lowest BCUT2D eigenvalue weighted by Gasteiger charge is -2.15. The first kappa shape index (κ1) is 21.9. The van der Waals surface area contributed by atoms with Gasteiger partial charge in [-0.2, -0.15) is 0 Å². The molecule has 2 aromatic rings. The molecule has 154 valence electrons. The standard InChI is InChI=1S/C21H24N2O6/c1-2-10-28-19-5-3-4-6-20(19)29-14-15(24)13-23-9-11-27-16-7-8-18(25)17(12-16)21(22)26/h1,3-8,12,15,23-25H,9-11,13-14H2,(H2,22,26). The molecule has 1 amide bonds. The SMILES string of the molecule is C#CCOc1ccccc1OCC(O)CNCCOc1ccc(O)c(C(N)=O)c1. The third-order valence-electron chi connectivity index (χ3n) is 3.75. The molecule has 8 nitrogen and oxygen atoms in total. The molecule has 8 heteroatoms. The molecule has 0 saturated heterocycles. The number of hydrogen-bond donors (Lipinski definition) is 4. The normalized spacial score (nSPS) is 11.3. The minimum Gasteiger partial charge on any atom is -0.507 e. The third-order valence-corrected chi connectivity index (χ3v) is 3.75. The highest BCUT2D eigenvalue weighted by atomic mass is 16.5. The number of aliphatic hydroxyl groups is 1. The lowest BCUT2D eigenvalue weighted by Crippen LogP contribution is -2.33. The molecule has 0 fully saturated rings. The van der Waals surface area contributed by atoms with Gasteiger partial charge < -0.3 is 35.5 Å². The van der Waals surface area contributed by atoms with Gasteiger partial charge in [0.05, 0.1) is 5.56 Å².